The molecule has 1 atom stereocenters. The van der Waals surface area contributed by atoms with Gasteiger partial charge in [0.2, 0.25) is 5.91 Å². The van der Waals surface area contributed by atoms with Crippen molar-refractivity contribution in [3.63, 3.8) is 0 Å². The van der Waals surface area contributed by atoms with Crippen LogP contribution in [-0.4, -0.2) is 52.5 Å². The van der Waals surface area contributed by atoms with Crippen LogP contribution in [0.15, 0.2) is 0 Å². The second-order valence-corrected chi connectivity index (χ2v) is 8.12. The fourth-order valence-corrected chi connectivity index (χ4v) is 5.14. The zero-order valence-electron chi connectivity index (χ0n) is 14.1. The molecule has 0 radical (unpaired) electrons. The first-order chi connectivity index (χ1) is 11.0. The van der Waals surface area contributed by atoms with E-state index in [0.717, 1.165) is 56.0 Å². The normalized spacial score (nSPS) is 26.2. The molecule has 3 rings (SSSR count). The number of rotatable bonds is 4. The summed E-state index contributed by atoms with van der Waals surface area (Å²) in [5, 5.41) is 1.12. The minimum Gasteiger partial charge on any atom is -0.334 e. The maximum absolute atomic E-state index is 12.9. The van der Waals surface area contributed by atoms with Crippen molar-refractivity contribution in [3.05, 3.63) is 15.6 Å². The minimum atomic E-state index is -0.434. The number of halogens is 1. The van der Waals surface area contributed by atoms with Crippen LogP contribution >= 0.6 is 11.3 Å². The number of hydrogen-bond acceptors (Lipinski definition) is 4. The highest BCUT2D eigenvalue weighted by Crippen LogP contribution is 2.39. The lowest BCUT2D eigenvalue weighted by atomic mass is 9.88. The van der Waals surface area contributed by atoms with Gasteiger partial charge >= 0.3 is 0 Å². The molecule has 6 heteroatoms. The molecule has 1 aromatic heterocycles. The predicted octanol–water partition coefficient (Wildman–Crippen LogP) is 3.08. The first kappa shape index (κ1) is 16.8. The van der Waals surface area contributed by atoms with E-state index in [9.17, 15) is 9.18 Å². The largest absolute Gasteiger partial charge is 0.334 e. The predicted molar refractivity (Wildman–Crippen MR) is 90.4 cm³/mol. The van der Waals surface area contributed by atoms with E-state index >= 15 is 0 Å². The van der Waals surface area contributed by atoms with Crippen LogP contribution < -0.4 is 0 Å². The zero-order chi connectivity index (χ0) is 16.4. The first-order valence-electron chi connectivity index (χ1n) is 8.56. The van der Waals surface area contributed by atoms with E-state index in [1.807, 2.05) is 4.90 Å². The molecule has 128 valence electrons. The molecule has 0 bridgehead atoms. The van der Waals surface area contributed by atoms with E-state index < -0.39 is 6.67 Å². The molecule has 2 aliphatic rings. The summed E-state index contributed by atoms with van der Waals surface area (Å²) >= 11 is 1.78. The van der Waals surface area contributed by atoms with Crippen LogP contribution in [0, 0.1) is 13.8 Å². The van der Waals surface area contributed by atoms with Crippen molar-refractivity contribution in [2.45, 2.75) is 58.0 Å². The molecule has 2 saturated heterocycles. The molecule has 0 aromatic carbocycles. The van der Waals surface area contributed by atoms with Crippen molar-refractivity contribution in [2.24, 2.45) is 0 Å². The van der Waals surface area contributed by atoms with Gasteiger partial charge in [0.15, 0.2) is 0 Å². The topological polar surface area (TPSA) is 36.4 Å². The van der Waals surface area contributed by atoms with Crippen molar-refractivity contribution in [1.29, 1.82) is 0 Å². The van der Waals surface area contributed by atoms with Crippen LogP contribution in [0.5, 0.6) is 0 Å². The molecular formula is C17H26FN3OS. The zero-order valence-corrected chi connectivity index (χ0v) is 14.9. The quantitative estimate of drug-likeness (QED) is 0.846. The smallest absolute Gasteiger partial charge is 0.223 e. The second-order valence-electron chi connectivity index (χ2n) is 6.83. The van der Waals surface area contributed by atoms with Gasteiger partial charge in [-0.25, -0.2) is 9.37 Å². The molecule has 1 amide bonds. The Kier molecular flexibility index (Phi) is 5.01. The monoisotopic (exact) mass is 339 g/mol. The van der Waals surface area contributed by atoms with E-state index in [2.05, 4.69) is 23.7 Å². The number of nitrogens with zero attached hydrogens (tertiary/aromatic N) is 3. The first-order valence-corrected chi connectivity index (χ1v) is 9.37. The summed E-state index contributed by atoms with van der Waals surface area (Å²) < 4.78 is 12.9. The third-order valence-electron chi connectivity index (χ3n) is 5.36. The van der Waals surface area contributed by atoms with Crippen LogP contribution in [0.3, 0.4) is 0 Å². The summed E-state index contributed by atoms with van der Waals surface area (Å²) in [6, 6.07) is 0. The highest BCUT2D eigenvalue weighted by molar-refractivity contribution is 7.11. The summed E-state index contributed by atoms with van der Waals surface area (Å²) in [7, 11) is 0. The highest BCUT2D eigenvalue weighted by atomic mass is 32.1. The Morgan fingerprint density at radius 2 is 2.09 bits per heavy atom. The Hall–Kier alpha value is -1.01. The van der Waals surface area contributed by atoms with Gasteiger partial charge in [-0.1, -0.05) is 0 Å². The van der Waals surface area contributed by atoms with E-state index in [0.29, 0.717) is 6.42 Å². The number of aryl methyl sites for hydroxylation is 2. The second kappa shape index (κ2) is 6.85. The number of amides is 1. The van der Waals surface area contributed by atoms with E-state index in [1.165, 1.54) is 4.88 Å². The van der Waals surface area contributed by atoms with E-state index in [-0.39, 0.29) is 18.0 Å². The maximum Gasteiger partial charge on any atom is 0.223 e. The lowest BCUT2D eigenvalue weighted by Crippen LogP contribution is -2.47. The Morgan fingerprint density at radius 1 is 1.26 bits per heavy atom. The summed E-state index contributed by atoms with van der Waals surface area (Å²) in [4.78, 5) is 22.3. The van der Waals surface area contributed by atoms with Crippen molar-refractivity contribution in [2.75, 3.05) is 26.3 Å². The molecule has 2 fully saturated rings. The van der Waals surface area contributed by atoms with Crippen LogP contribution in [0.2, 0.25) is 0 Å². The Morgan fingerprint density at radius 3 is 2.78 bits per heavy atom. The number of carbonyl (C=O) groups is 1. The van der Waals surface area contributed by atoms with Gasteiger partial charge in [-0.15, -0.1) is 11.3 Å². The summed E-state index contributed by atoms with van der Waals surface area (Å²) in [6.45, 7) is 6.95. The SMILES string of the molecule is Cc1nc(C)c(CN2CCC[C@]3(CCC(=O)N3CCF)CC2)s1. The summed E-state index contributed by atoms with van der Waals surface area (Å²) in [5.74, 6) is 0.144. The number of alkyl halides is 1. The van der Waals surface area contributed by atoms with Gasteiger partial charge in [0.25, 0.3) is 0 Å². The third kappa shape index (κ3) is 3.43. The highest BCUT2D eigenvalue weighted by Gasteiger charge is 2.45. The number of carbonyl (C=O) groups excluding carboxylic acids is 1. The molecule has 0 N–H and O–H groups in total. The molecule has 3 heterocycles. The average molecular weight is 339 g/mol. The molecule has 0 unspecified atom stereocenters. The van der Waals surface area contributed by atoms with Gasteiger partial charge in [-0.2, -0.15) is 0 Å². The summed E-state index contributed by atoms with van der Waals surface area (Å²) in [5.41, 5.74) is 1.05. The molecule has 0 saturated carbocycles. The van der Waals surface area contributed by atoms with Gasteiger partial charge in [0.05, 0.1) is 10.7 Å². The van der Waals surface area contributed by atoms with Crippen LogP contribution in [0.25, 0.3) is 0 Å². The van der Waals surface area contributed by atoms with Gasteiger partial charge in [-0.05, 0) is 46.1 Å². The molecule has 0 aliphatic carbocycles. The van der Waals surface area contributed by atoms with Gasteiger partial charge in [0, 0.05) is 36.5 Å². The molecule has 4 nitrogen and oxygen atoms in total. The molecule has 23 heavy (non-hydrogen) atoms. The maximum atomic E-state index is 12.9. The fraction of sp³-hybridized carbons (Fsp3) is 0.765. The van der Waals surface area contributed by atoms with Crippen molar-refractivity contribution < 1.29 is 9.18 Å². The fourth-order valence-electron chi connectivity index (χ4n) is 4.16. The lowest BCUT2D eigenvalue weighted by Gasteiger charge is -2.37. The van der Waals surface area contributed by atoms with Crippen LogP contribution in [0.1, 0.15) is 47.7 Å². The Bertz CT molecular complexity index is 576. The number of thiazole rings is 1. The van der Waals surface area contributed by atoms with E-state index in [4.69, 9.17) is 0 Å². The Labute approximate surface area is 141 Å². The molecule has 1 aromatic rings. The van der Waals surface area contributed by atoms with Crippen LogP contribution in [-0.2, 0) is 11.3 Å². The number of aromatic nitrogens is 1. The minimum absolute atomic E-state index is 0.0867. The van der Waals surface area contributed by atoms with Gasteiger partial charge < -0.3 is 4.90 Å². The Balaban J connectivity index is 1.67. The van der Waals surface area contributed by atoms with Gasteiger partial charge in [-0.3, -0.25) is 9.69 Å². The standard InChI is InChI=1S/C17H26FN3OS/c1-13-15(23-14(2)19-13)12-20-9-3-5-17(7-10-20)6-4-16(22)21(17)11-8-18/h3-12H2,1-2H3/t17-/m0/s1. The van der Waals surface area contributed by atoms with Crippen molar-refractivity contribution in [3.8, 4) is 0 Å². The summed E-state index contributed by atoms with van der Waals surface area (Å²) in [6.07, 6.45) is 4.55. The van der Waals surface area contributed by atoms with Crippen LogP contribution in [0.4, 0.5) is 4.39 Å². The third-order valence-corrected chi connectivity index (χ3v) is 6.42. The number of hydrogen-bond donors (Lipinski definition) is 0. The molecule has 2 aliphatic heterocycles. The van der Waals surface area contributed by atoms with E-state index in [1.54, 1.807) is 11.3 Å². The van der Waals surface area contributed by atoms with Crippen molar-refractivity contribution >= 4 is 17.2 Å². The van der Waals surface area contributed by atoms with Crippen molar-refractivity contribution in [1.82, 2.24) is 14.8 Å². The molecular weight excluding hydrogens is 313 g/mol. The lowest BCUT2D eigenvalue weighted by molar-refractivity contribution is -0.131. The number of likely N-dealkylation sites (tertiary alicyclic amines) is 2. The molecule has 1 spiro atoms. The van der Waals surface area contributed by atoms with Gasteiger partial charge in [0.1, 0.15) is 6.67 Å². The average Bonchev–Trinajstić information content (AvgIpc) is 2.89.